The van der Waals surface area contributed by atoms with E-state index in [0.717, 1.165) is 15.6 Å². The Labute approximate surface area is 120 Å². The van der Waals surface area contributed by atoms with Gasteiger partial charge in [0, 0.05) is 16.2 Å². The van der Waals surface area contributed by atoms with E-state index in [4.69, 9.17) is 0 Å². The fraction of sp³-hybridized carbons (Fsp3) is 0.417. The van der Waals surface area contributed by atoms with Crippen LogP contribution in [0.25, 0.3) is 0 Å². The molecule has 1 aliphatic rings. The second-order valence-electron chi connectivity index (χ2n) is 4.64. The number of thiazole rings is 1. The maximum absolute atomic E-state index is 12.0. The van der Waals surface area contributed by atoms with Crippen molar-refractivity contribution in [3.63, 3.8) is 0 Å². The lowest BCUT2D eigenvalue weighted by Gasteiger charge is -2.02. The highest BCUT2D eigenvalue weighted by atomic mass is 32.2. The minimum Gasteiger partial charge on any atom is -0.245 e. The summed E-state index contributed by atoms with van der Waals surface area (Å²) in [5.74, 6) is 0.621. The van der Waals surface area contributed by atoms with Gasteiger partial charge in [-0.05, 0) is 31.9 Å². The molecule has 1 fully saturated rings. The van der Waals surface area contributed by atoms with E-state index in [9.17, 15) is 8.42 Å². The van der Waals surface area contributed by atoms with Crippen molar-refractivity contribution in [2.24, 2.45) is 0 Å². The topological polar surface area (TPSA) is 59.1 Å². The molecule has 4 nitrogen and oxygen atoms in total. The lowest BCUT2D eigenvalue weighted by atomic mass is 10.4. The molecule has 2 heterocycles. The molecule has 102 valence electrons. The lowest BCUT2D eigenvalue weighted by Crippen LogP contribution is -2.22. The average Bonchev–Trinajstić information content (AvgIpc) is 2.94. The molecule has 3 rings (SSSR count). The monoisotopic (exact) mass is 314 g/mol. The van der Waals surface area contributed by atoms with E-state index in [1.54, 1.807) is 17.4 Å². The minimum atomic E-state index is -3.40. The highest BCUT2D eigenvalue weighted by Crippen LogP contribution is 2.41. The number of rotatable bonds is 5. The van der Waals surface area contributed by atoms with E-state index < -0.39 is 10.0 Å². The van der Waals surface area contributed by atoms with E-state index in [-0.39, 0.29) is 6.54 Å². The zero-order valence-electron chi connectivity index (χ0n) is 10.4. The Morgan fingerprint density at radius 3 is 2.84 bits per heavy atom. The van der Waals surface area contributed by atoms with Crippen LogP contribution in [0.15, 0.2) is 21.7 Å². The second-order valence-corrected chi connectivity index (χ2v) is 8.81. The van der Waals surface area contributed by atoms with E-state index in [0.29, 0.717) is 10.1 Å². The molecule has 0 saturated heterocycles. The van der Waals surface area contributed by atoms with Crippen molar-refractivity contribution in [1.82, 2.24) is 9.71 Å². The minimum absolute atomic E-state index is 0.266. The number of nitrogens with one attached hydrogen (secondary N) is 1. The highest BCUT2D eigenvalue weighted by Gasteiger charge is 2.26. The predicted octanol–water partition coefficient (Wildman–Crippen LogP) is 2.87. The first-order valence-corrected chi connectivity index (χ1v) is 9.23. The van der Waals surface area contributed by atoms with Crippen LogP contribution >= 0.6 is 22.7 Å². The Bertz CT molecular complexity index is 683. The molecule has 0 bridgehead atoms. The van der Waals surface area contributed by atoms with Gasteiger partial charge >= 0.3 is 0 Å². The molecule has 1 N–H and O–H groups in total. The smallest absolute Gasteiger partial charge is 0.245 e. The van der Waals surface area contributed by atoms with Crippen molar-refractivity contribution in [3.8, 4) is 0 Å². The van der Waals surface area contributed by atoms with Crippen LogP contribution in [0.4, 0.5) is 0 Å². The number of hydrogen-bond acceptors (Lipinski definition) is 5. The van der Waals surface area contributed by atoms with Gasteiger partial charge in [-0.2, -0.15) is 0 Å². The number of sulfonamides is 1. The first-order valence-electron chi connectivity index (χ1n) is 6.05. The summed E-state index contributed by atoms with van der Waals surface area (Å²) in [6.45, 7) is 2.16. The number of hydrogen-bond donors (Lipinski definition) is 1. The number of nitrogens with zero attached hydrogens (tertiary/aromatic N) is 1. The molecule has 7 heteroatoms. The average molecular weight is 314 g/mol. The number of thiophene rings is 1. The van der Waals surface area contributed by atoms with Gasteiger partial charge < -0.3 is 0 Å². The third kappa shape index (κ3) is 3.05. The molecule has 1 aliphatic carbocycles. The fourth-order valence-corrected chi connectivity index (χ4v) is 5.04. The molecule has 19 heavy (non-hydrogen) atoms. The zero-order chi connectivity index (χ0) is 13.5. The molecular formula is C12H14N2O2S3. The van der Waals surface area contributed by atoms with Crippen molar-refractivity contribution in [2.45, 2.75) is 36.4 Å². The van der Waals surface area contributed by atoms with Crippen LogP contribution in [-0.4, -0.2) is 13.4 Å². The van der Waals surface area contributed by atoms with Gasteiger partial charge in [0.05, 0.1) is 17.2 Å². The van der Waals surface area contributed by atoms with E-state index in [1.165, 1.54) is 24.2 Å². The lowest BCUT2D eigenvalue weighted by molar-refractivity contribution is 0.582. The van der Waals surface area contributed by atoms with Crippen molar-refractivity contribution >= 4 is 32.7 Å². The Balaban J connectivity index is 1.67. The first kappa shape index (κ1) is 13.2. The molecule has 0 radical (unpaired) electrons. The summed E-state index contributed by atoms with van der Waals surface area (Å²) < 4.78 is 27.1. The zero-order valence-corrected chi connectivity index (χ0v) is 12.9. The van der Waals surface area contributed by atoms with E-state index in [1.807, 2.05) is 18.4 Å². The van der Waals surface area contributed by atoms with Crippen molar-refractivity contribution in [1.29, 1.82) is 0 Å². The quantitative estimate of drug-likeness (QED) is 0.923. The number of aryl methyl sites for hydroxylation is 1. The summed E-state index contributed by atoms with van der Waals surface area (Å²) in [5.41, 5.74) is 0.809. The van der Waals surface area contributed by atoms with E-state index in [2.05, 4.69) is 9.71 Å². The van der Waals surface area contributed by atoms with Gasteiger partial charge in [0.1, 0.15) is 4.21 Å². The summed E-state index contributed by atoms with van der Waals surface area (Å²) in [7, 11) is -3.40. The SMILES string of the molecule is Cc1ccc(S(=O)(=O)NCc2csc(C3CC3)n2)s1. The molecule has 0 unspecified atom stereocenters. The Morgan fingerprint density at radius 2 is 2.21 bits per heavy atom. The molecule has 1 saturated carbocycles. The van der Waals surface area contributed by atoms with E-state index >= 15 is 0 Å². The molecule has 0 aromatic carbocycles. The normalized spacial score (nSPS) is 15.8. The molecule has 2 aromatic heterocycles. The summed E-state index contributed by atoms with van der Waals surface area (Å²) in [4.78, 5) is 5.46. The second kappa shape index (κ2) is 4.97. The highest BCUT2D eigenvalue weighted by molar-refractivity contribution is 7.91. The third-order valence-corrected chi connectivity index (χ3v) is 6.87. The van der Waals surface area contributed by atoms with Crippen LogP contribution in [0.2, 0.25) is 0 Å². The molecule has 0 spiro atoms. The van der Waals surface area contributed by atoms with Crippen molar-refractivity contribution in [2.75, 3.05) is 0 Å². The summed E-state index contributed by atoms with van der Waals surface area (Å²) in [6.07, 6.45) is 2.43. The van der Waals surface area contributed by atoms with Gasteiger partial charge in [-0.1, -0.05) is 0 Å². The molecular weight excluding hydrogens is 300 g/mol. The maximum Gasteiger partial charge on any atom is 0.250 e. The van der Waals surface area contributed by atoms with Gasteiger partial charge in [-0.15, -0.1) is 22.7 Å². The maximum atomic E-state index is 12.0. The summed E-state index contributed by atoms with van der Waals surface area (Å²) >= 11 is 2.91. The van der Waals surface area contributed by atoms with Gasteiger partial charge in [0.2, 0.25) is 10.0 Å². The first-order chi connectivity index (χ1) is 9.04. The largest absolute Gasteiger partial charge is 0.250 e. The van der Waals surface area contributed by atoms with Gasteiger partial charge in [0.25, 0.3) is 0 Å². The molecule has 0 aliphatic heterocycles. The molecule has 2 aromatic rings. The Kier molecular flexibility index (Phi) is 3.46. The molecule has 0 amide bonds. The van der Waals surface area contributed by atoms with Crippen LogP contribution in [0.3, 0.4) is 0 Å². The third-order valence-electron chi connectivity index (χ3n) is 2.92. The number of aromatic nitrogens is 1. The molecule has 0 atom stereocenters. The fourth-order valence-electron chi connectivity index (χ4n) is 1.72. The predicted molar refractivity (Wildman–Crippen MR) is 77.2 cm³/mol. The van der Waals surface area contributed by atoms with Crippen molar-refractivity contribution in [3.05, 3.63) is 33.1 Å². The van der Waals surface area contributed by atoms with Gasteiger partial charge in [-0.3, -0.25) is 0 Å². The van der Waals surface area contributed by atoms with Crippen LogP contribution < -0.4 is 4.72 Å². The summed E-state index contributed by atoms with van der Waals surface area (Å²) in [6, 6.07) is 3.45. The summed E-state index contributed by atoms with van der Waals surface area (Å²) in [5, 5.41) is 3.08. The Hall–Kier alpha value is -0.760. The standard InChI is InChI=1S/C12H14N2O2S3/c1-8-2-5-11(18-8)19(15,16)13-6-10-7-17-12(14-10)9-3-4-9/h2,5,7,9,13H,3-4,6H2,1H3. The van der Waals surface area contributed by atoms with Crippen LogP contribution in [0.1, 0.15) is 34.3 Å². The van der Waals surface area contributed by atoms with Gasteiger partial charge in [-0.25, -0.2) is 18.1 Å². The van der Waals surface area contributed by atoms with Crippen LogP contribution in [0.5, 0.6) is 0 Å². The van der Waals surface area contributed by atoms with Gasteiger partial charge in [0.15, 0.2) is 0 Å². The van der Waals surface area contributed by atoms with Crippen molar-refractivity contribution < 1.29 is 8.42 Å². The van der Waals surface area contributed by atoms with Crippen LogP contribution in [-0.2, 0) is 16.6 Å². The van der Waals surface area contributed by atoms with Crippen LogP contribution in [0, 0.1) is 6.92 Å². The Morgan fingerprint density at radius 1 is 1.42 bits per heavy atom.